The van der Waals surface area contributed by atoms with E-state index >= 15 is 0 Å². The Morgan fingerprint density at radius 3 is 2.39 bits per heavy atom. The number of alkyl carbamates (subject to hydrolysis) is 1. The van der Waals surface area contributed by atoms with E-state index in [4.69, 9.17) is 4.74 Å². The minimum atomic E-state index is -0.795. The van der Waals surface area contributed by atoms with Gasteiger partial charge in [-0.3, -0.25) is 9.59 Å². The molecular weight excluding hydrogens is 460 g/mol. The summed E-state index contributed by atoms with van der Waals surface area (Å²) < 4.78 is 6.06. The SMILES string of the molecule is CCC(=O)c1cc(Br)c(C)cc1NC(=O)C(CC(C)C)NC(=O)OCc1ccccc1. The number of anilines is 1. The quantitative estimate of drug-likeness (QED) is 0.447. The van der Waals surface area contributed by atoms with Gasteiger partial charge in [-0.05, 0) is 42.5 Å². The van der Waals surface area contributed by atoms with Gasteiger partial charge in [0.15, 0.2) is 5.78 Å². The summed E-state index contributed by atoms with van der Waals surface area (Å²) in [4.78, 5) is 37.7. The number of hydrogen-bond acceptors (Lipinski definition) is 4. The van der Waals surface area contributed by atoms with E-state index < -0.39 is 18.0 Å². The average Bonchev–Trinajstić information content (AvgIpc) is 2.74. The third-order valence-corrected chi connectivity index (χ3v) is 5.56. The number of Topliss-reactive ketones (excluding diaryl/α,β-unsaturated/α-hetero) is 1. The number of amides is 2. The number of aryl methyl sites for hydroxylation is 1. The molecule has 6 nitrogen and oxygen atoms in total. The molecule has 0 heterocycles. The maximum absolute atomic E-state index is 13.0. The average molecular weight is 489 g/mol. The van der Waals surface area contributed by atoms with Gasteiger partial charge in [0.1, 0.15) is 12.6 Å². The Bertz CT molecular complexity index is 929. The van der Waals surface area contributed by atoms with Gasteiger partial charge < -0.3 is 15.4 Å². The number of ketones is 1. The molecule has 166 valence electrons. The molecule has 0 saturated carbocycles. The molecule has 2 rings (SSSR count). The van der Waals surface area contributed by atoms with Crippen molar-refractivity contribution in [1.29, 1.82) is 0 Å². The van der Waals surface area contributed by atoms with Crippen LogP contribution in [0.25, 0.3) is 0 Å². The van der Waals surface area contributed by atoms with E-state index in [1.165, 1.54) is 0 Å². The van der Waals surface area contributed by atoms with E-state index in [0.717, 1.165) is 15.6 Å². The van der Waals surface area contributed by atoms with Crippen molar-refractivity contribution in [3.05, 3.63) is 63.6 Å². The molecule has 2 aromatic rings. The van der Waals surface area contributed by atoms with Crippen LogP contribution in [-0.2, 0) is 16.1 Å². The first-order valence-corrected chi connectivity index (χ1v) is 11.1. The molecule has 1 unspecified atom stereocenters. The van der Waals surface area contributed by atoms with Crippen molar-refractivity contribution in [1.82, 2.24) is 5.32 Å². The number of nitrogens with one attached hydrogen (secondary N) is 2. The summed E-state index contributed by atoms with van der Waals surface area (Å²) in [6.07, 6.45) is 0.0814. The maximum atomic E-state index is 13.0. The number of halogens is 1. The van der Waals surface area contributed by atoms with Gasteiger partial charge >= 0.3 is 6.09 Å². The fourth-order valence-corrected chi connectivity index (χ4v) is 3.38. The first-order valence-electron chi connectivity index (χ1n) is 10.3. The normalized spacial score (nSPS) is 11.7. The van der Waals surface area contributed by atoms with Gasteiger partial charge in [0.05, 0.1) is 5.69 Å². The lowest BCUT2D eigenvalue weighted by molar-refractivity contribution is -0.118. The summed E-state index contributed by atoms with van der Waals surface area (Å²) in [5.41, 5.74) is 2.61. The predicted octanol–water partition coefficient (Wildman–Crippen LogP) is 5.63. The van der Waals surface area contributed by atoms with E-state index in [1.54, 1.807) is 19.1 Å². The molecule has 0 saturated heterocycles. The molecular formula is C24H29BrN2O4. The summed E-state index contributed by atoms with van der Waals surface area (Å²) >= 11 is 3.44. The predicted molar refractivity (Wildman–Crippen MR) is 125 cm³/mol. The van der Waals surface area contributed by atoms with Crippen LogP contribution in [0.2, 0.25) is 0 Å². The molecule has 2 amide bonds. The molecule has 7 heteroatoms. The lowest BCUT2D eigenvalue weighted by Crippen LogP contribution is -2.45. The lowest BCUT2D eigenvalue weighted by atomic mass is 10.0. The van der Waals surface area contributed by atoms with Crippen molar-refractivity contribution in [2.75, 3.05) is 5.32 Å². The van der Waals surface area contributed by atoms with Gasteiger partial charge in [-0.15, -0.1) is 0 Å². The first kappa shape index (κ1) is 24.6. The fraction of sp³-hybridized carbons (Fsp3) is 0.375. The Balaban J connectivity index is 2.13. The smallest absolute Gasteiger partial charge is 0.408 e. The first-order chi connectivity index (χ1) is 14.7. The van der Waals surface area contributed by atoms with Crippen LogP contribution in [0, 0.1) is 12.8 Å². The van der Waals surface area contributed by atoms with Gasteiger partial charge in [-0.25, -0.2) is 4.79 Å². The van der Waals surface area contributed by atoms with Crippen molar-refractivity contribution in [2.24, 2.45) is 5.92 Å². The monoisotopic (exact) mass is 488 g/mol. The summed E-state index contributed by atoms with van der Waals surface area (Å²) in [5, 5.41) is 5.49. The van der Waals surface area contributed by atoms with E-state index in [0.29, 0.717) is 24.1 Å². The van der Waals surface area contributed by atoms with Crippen LogP contribution in [0.5, 0.6) is 0 Å². The summed E-state index contributed by atoms with van der Waals surface area (Å²) in [6.45, 7) is 7.70. The Hall–Kier alpha value is -2.67. The molecule has 0 spiro atoms. The summed E-state index contributed by atoms with van der Waals surface area (Å²) in [6, 6.07) is 12.0. The molecule has 0 bridgehead atoms. The number of ether oxygens (including phenoxy) is 1. The maximum Gasteiger partial charge on any atom is 0.408 e. The van der Waals surface area contributed by atoms with Gasteiger partial charge in [0.25, 0.3) is 0 Å². The number of hydrogen-bond donors (Lipinski definition) is 2. The van der Waals surface area contributed by atoms with Crippen LogP contribution < -0.4 is 10.6 Å². The zero-order valence-electron chi connectivity index (χ0n) is 18.3. The second kappa shape index (κ2) is 11.6. The number of carbonyl (C=O) groups is 3. The lowest BCUT2D eigenvalue weighted by Gasteiger charge is -2.21. The number of carbonyl (C=O) groups excluding carboxylic acids is 3. The number of benzene rings is 2. The minimum absolute atomic E-state index is 0.0772. The van der Waals surface area contributed by atoms with Crippen molar-refractivity contribution < 1.29 is 19.1 Å². The second-order valence-electron chi connectivity index (χ2n) is 7.80. The Morgan fingerprint density at radius 1 is 1.10 bits per heavy atom. The molecule has 0 aromatic heterocycles. The van der Waals surface area contributed by atoms with Crippen LogP contribution in [-0.4, -0.2) is 23.8 Å². The van der Waals surface area contributed by atoms with E-state index in [-0.39, 0.29) is 18.3 Å². The topological polar surface area (TPSA) is 84.5 Å². The highest BCUT2D eigenvalue weighted by molar-refractivity contribution is 9.10. The van der Waals surface area contributed by atoms with E-state index in [2.05, 4.69) is 26.6 Å². The van der Waals surface area contributed by atoms with Crippen LogP contribution in [0.4, 0.5) is 10.5 Å². The molecule has 0 fully saturated rings. The van der Waals surface area contributed by atoms with Crippen LogP contribution in [0.3, 0.4) is 0 Å². The number of rotatable bonds is 9. The van der Waals surface area contributed by atoms with Crippen LogP contribution in [0.1, 0.15) is 55.1 Å². The molecule has 0 aliphatic carbocycles. The van der Waals surface area contributed by atoms with Crippen LogP contribution in [0.15, 0.2) is 46.9 Å². The summed E-state index contributed by atoms with van der Waals surface area (Å²) in [7, 11) is 0. The van der Waals surface area contributed by atoms with Gasteiger partial charge in [-0.1, -0.05) is 67.0 Å². The zero-order valence-corrected chi connectivity index (χ0v) is 19.9. The third-order valence-electron chi connectivity index (χ3n) is 4.71. The fourth-order valence-electron chi connectivity index (χ4n) is 3.04. The van der Waals surface area contributed by atoms with Crippen LogP contribution >= 0.6 is 15.9 Å². The minimum Gasteiger partial charge on any atom is -0.445 e. The highest BCUT2D eigenvalue weighted by Gasteiger charge is 2.24. The molecule has 31 heavy (non-hydrogen) atoms. The molecule has 0 aliphatic rings. The molecule has 1 atom stereocenters. The highest BCUT2D eigenvalue weighted by atomic mass is 79.9. The van der Waals surface area contributed by atoms with Gasteiger partial charge in [0.2, 0.25) is 5.91 Å². The van der Waals surface area contributed by atoms with Crippen molar-refractivity contribution in [3.8, 4) is 0 Å². The van der Waals surface area contributed by atoms with Gasteiger partial charge in [-0.2, -0.15) is 0 Å². The van der Waals surface area contributed by atoms with Crippen molar-refractivity contribution in [3.63, 3.8) is 0 Å². The van der Waals surface area contributed by atoms with Crippen molar-refractivity contribution >= 4 is 39.4 Å². The standard InChI is InChI=1S/C24H29BrN2O4/c1-5-22(28)18-13-19(25)16(4)12-20(18)26-23(29)21(11-15(2)3)27-24(30)31-14-17-9-7-6-8-10-17/h6-10,12-13,15,21H,5,11,14H2,1-4H3,(H,26,29)(H,27,30). The molecule has 2 aromatic carbocycles. The molecule has 0 radical (unpaired) electrons. The van der Waals surface area contributed by atoms with Crippen molar-refractivity contribution in [2.45, 2.75) is 53.2 Å². The third kappa shape index (κ3) is 7.51. The largest absolute Gasteiger partial charge is 0.445 e. The molecule has 2 N–H and O–H groups in total. The van der Waals surface area contributed by atoms with E-state index in [9.17, 15) is 14.4 Å². The highest BCUT2D eigenvalue weighted by Crippen LogP contribution is 2.27. The zero-order chi connectivity index (χ0) is 23.0. The second-order valence-corrected chi connectivity index (χ2v) is 8.66. The molecule has 0 aliphatic heterocycles. The van der Waals surface area contributed by atoms with Gasteiger partial charge in [0, 0.05) is 16.5 Å². The van der Waals surface area contributed by atoms with E-state index in [1.807, 2.05) is 51.1 Å². The summed E-state index contributed by atoms with van der Waals surface area (Å²) in [5.74, 6) is -0.308. The Morgan fingerprint density at radius 2 is 1.77 bits per heavy atom. The Kier molecular flexibility index (Phi) is 9.24. The Labute approximate surface area is 191 Å².